The summed E-state index contributed by atoms with van der Waals surface area (Å²) in [6.07, 6.45) is 1.44. The van der Waals surface area contributed by atoms with Crippen molar-refractivity contribution in [2.24, 2.45) is 4.99 Å². The van der Waals surface area contributed by atoms with Crippen LogP contribution in [-0.4, -0.2) is 43.4 Å². The van der Waals surface area contributed by atoms with Crippen molar-refractivity contribution < 1.29 is 14.6 Å². The molecule has 6 nitrogen and oxygen atoms in total. The molecule has 0 aromatic heterocycles. The number of hydrogen-bond donors (Lipinski definition) is 3. The summed E-state index contributed by atoms with van der Waals surface area (Å²) in [4.78, 5) is 4.52. The van der Waals surface area contributed by atoms with E-state index in [1.807, 2.05) is 63.2 Å². The zero-order valence-corrected chi connectivity index (χ0v) is 21.8. The Bertz CT molecular complexity index is 755. The number of nitrogens with one attached hydrogen (secondary N) is 2. The molecule has 7 heteroatoms. The van der Waals surface area contributed by atoms with Crippen molar-refractivity contribution in [2.45, 2.75) is 52.4 Å². The Labute approximate surface area is 209 Å². The molecular weight excluding hydrogens is 517 g/mol. The first-order valence-electron chi connectivity index (χ1n) is 11.2. The summed E-state index contributed by atoms with van der Waals surface area (Å²) in [5, 5.41) is 17.0. The average molecular weight is 556 g/mol. The lowest BCUT2D eigenvalue weighted by Gasteiger charge is -2.14. The number of aliphatic hydroxyl groups excluding tert-OH is 1. The summed E-state index contributed by atoms with van der Waals surface area (Å²) in [5.74, 6) is 1.52. The Balaban J connectivity index is 0.00000512. The molecule has 0 spiro atoms. The van der Waals surface area contributed by atoms with Crippen LogP contribution in [0.15, 0.2) is 59.6 Å². The van der Waals surface area contributed by atoms with Gasteiger partial charge in [0.2, 0.25) is 0 Å². The van der Waals surface area contributed by atoms with E-state index in [0.29, 0.717) is 19.1 Å². The van der Waals surface area contributed by atoms with Gasteiger partial charge in [0.15, 0.2) is 5.96 Å². The smallest absolute Gasteiger partial charge is 0.191 e. The Morgan fingerprint density at radius 1 is 1.00 bits per heavy atom. The molecule has 2 rings (SSSR count). The van der Waals surface area contributed by atoms with Gasteiger partial charge in [0.1, 0.15) is 5.75 Å². The van der Waals surface area contributed by atoms with Crippen LogP contribution in [-0.2, 0) is 11.3 Å². The zero-order chi connectivity index (χ0) is 22.3. The molecule has 0 bridgehead atoms. The second-order valence-corrected chi connectivity index (χ2v) is 7.64. The van der Waals surface area contributed by atoms with Crippen molar-refractivity contribution in [1.29, 1.82) is 0 Å². The van der Waals surface area contributed by atoms with Crippen molar-refractivity contribution in [1.82, 2.24) is 10.6 Å². The Hall–Kier alpha value is -1.84. The highest BCUT2D eigenvalue weighted by molar-refractivity contribution is 14.0. The van der Waals surface area contributed by atoms with Crippen LogP contribution in [0.3, 0.4) is 0 Å². The molecule has 32 heavy (non-hydrogen) atoms. The van der Waals surface area contributed by atoms with Gasteiger partial charge in [-0.05, 0) is 56.9 Å². The average Bonchev–Trinajstić information content (AvgIpc) is 2.77. The predicted octanol–water partition coefficient (Wildman–Crippen LogP) is 4.68. The van der Waals surface area contributed by atoms with Crippen molar-refractivity contribution in [3.05, 3.63) is 65.7 Å². The molecule has 2 aromatic carbocycles. The van der Waals surface area contributed by atoms with Gasteiger partial charge in [-0.2, -0.15) is 0 Å². The first kappa shape index (κ1) is 28.2. The van der Waals surface area contributed by atoms with Crippen LogP contribution in [0.1, 0.15) is 50.8 Å². The lowest BCUT2D eigenvalue weighted by Crippen LogP contribution is -2.38. The van der Waals surface area contributed by atoms with Gasteiger partial charge in [-0.3, -0.25) is 4.99 Å². The third kappa shape index (κ3) is 11.7. The van der Waals surface area contributed by atoms with E-state index in [1.165, 1.54) is 5.56 Å². The van der Waals surface area contributed by atoms with E-state index in [2.05, 4.69) is 27.8 Å². The highest BCUT2D eigenvalue weighted by Crippen LogP contribution is 2.19. The van der Waals surface area contributed by atoms with Crippen LogP contribution in [0.25, 0.3) is 0 Å². The van der Waals surface area contributed by atoms with E-state index in [1.54, 1.807) is 0 Å². The summed E-state index contributed by atoms with van der Waals surface area (Å²) in [6.45, 7) is 9.26. The summed E-state index contributed by atoms with van der Waals surface area (Å²) in [5.41, 5.74) is 2.02. The molecule has 1 atom stereocenters. The number of aliphatic imine (C=N–C) groups is 1. The number of halogens is 1. The second-order valence-electron chi connectivity index (χ2n) is 7.64. The maximum atomic E-state index is 10.5. The van der Waals surface area contributed by atoms with Gasteiger partial charge in [0.05, 0.1) is 25.4 Å². The third-order valence-corrected chi connectivity index (χ3v) is 4.52. The molecule has 0 saturated carbocycles. The number of aliphatic hydroxyl groups is 1. The highest BCUT2D eigenvalue weighted by Gasteiger charge is 2.08. The van der Waals surface area contributed by atoms with Gasteiger partial charge in [0.25, 0.3) is 0 Å². The van der Waals surface area contributed by atoms with E-state index in [9.17, 15) is 5.11 Å². The van der Waals surface area contributed by atoms with Crippen molar-refractivity contribution in [3.8, 4) is 5.75 Å². The standard InChI is InChI=1S/C25H37N3O3.HI/c1-4-26-25(27-16-8-9-17-30-19-21-10-6-5-7-11-21)28-18-24(29)22-12-14-23(15-13-22)31-20(2)3;/h5-7,10-15,20,24,29H,4,8-9,16-19H2,1-3H3,(H2,26,27,28);1H. The molecule has 0 amide bonds. The van der Waals surface area contributed by atoms with E-state index in [4.69, 9.17) is 9.47 Å². The second kappa shape index (κ2) is 16.7. The quantitative estimate of drug-likeness (QED) is 0.145. The van der Waals surface area contributed by atoms with Gasteiger partial charge in [-0.1, -0.05) is 42.5 Å². The Kier molecular flexibility index (Phi) is 14.8. The molecule has 178 valence electrons. The highest BCUT2D eigenvalue weighted by atomic mass is 127. The zero-order valence-electron chi connectivity index (χ0n) is 19.4. The van der Waals surface area contributed by atoms with Gasteiger partial charge in [-0.15, -0.1) is 24.0 Å². The summed E-state index contributed by atoms with van der Waals surface area (Å²) in [6, 6.07) is 17.7. The van der Waals surface area contributed by atoms with Gasteiger partial charge < -0.3 is 25.2 Å². The minimum Gasteiger partial charge on any atom is -0.491 e. The number of nitrogens with zero attached hydrogens (tertiary/aromatic N) is 1. The largest absolute Gasteiger partial charge is 0.491 e. The van der Waals surface area contributed by atoms with Crippen LogP contribution >= 0.6 is 24.0 Å². The van der Waals surface area contributed by atoms with Crippen molar-refractivity contribution in [2.75, 3.05) is 26.2 Å². The van der Waals surface area contributed by atoms with Crippen molar-refractivity contribution in [3.63, 3.8) is 0 Å². The van der Waals surface area contributed by atoms with E-state index in [-0.39, 0.29) is 30.1 Å². The molecule has 0 aliphatic carbocycles. The molecule has 0 radical (unpaired) electrons. The van der Waals surface area contributed by atoms with Crippen LogP contribution in [0.4, 0.5) is 0 Å². The first-order valence-corrected chi connectivity index (χ1v) is 11.2. The van der Waals surface area contributed by atoms with Crippen LogP contribution in [0.2, 0.25) is 0 Å². The Morgan fingerprint density at radius 3 is 2.38 bits per heavy atom. The topological polar surface area (TPSA) is 75.1 Å². The van der Waals surface area contributed by atoms with Crippen LogP contribution in [0, 0.1) is 0 Å². The van der Waals surface area contributed by atoms with E-state index >= 15 is 0 Å². The SMILES string of the molecule is CCNC(=NCC(O)c1ccc(OC(C)C)cc1)NCCCCOCc1ccccc1.I. The molecule has 2 aromatic rings. The molecule has 0 saturated heterocycles. The first-order chi connectivity index (χ1) is 15.1. The predicted molar refractivity (Wildman–Crippen MR) is 142 cm³/mol. The monoisotopic (exact) mass is 555 g/mol. The minimum atomic E-state index is -0.657. The molecular formula is C25H38IN3O3. The minimum absolute atomic E-state index is 0. The number of unbranched alkanes of at least 4 members (excludes halogenated alkanes) is 1. The van der Waals surface area contributed by atoms with Gasteiger partial charge >= 0.3 is 0 Å². The molecule has 0 heterocycles. The molecule has 3 N–H and O–H groups in total. The number of ether oxygens (including phenoxy) is 2. The number of guanidine groups is 1. The number of rotatable bonds is 13. The fourth-order valence-corrected chi connectivity index (χ4v) is 2.97. The van der Waals surface area contributed by atoms with Crippen LogP contribution < -0.4 is 15.4 Å². The molecule has 1 unspecified atom stereocenters. The van der Waals surface area contributed by atoms with E-state index in [0.717, 1.165) is 43.9 Å². The maximum absolute atomic E-state index is 10.5. The third-order valence-electron chi connectivity index (χ3n) is 4.52. The fraction of sp³-hybridized carbons (Fsp3) is 0.480. The summed E-state index contributed by atoms with van der Waals surface area (Å²) in [7, 11) is 0. The van der Waals surface area contributed by atoms with Gasteiger partial charge in [-0.25, -0.2) is 0 Å². The summed E-state index contributed by atoms with van der Waals surface area (Å²) >= 11 is 0. The summed E-state index contributed by atoms with van der Waals surface area (Å²) < 4.78 is 11.4. The van der Waals surface area contributed by atoms with Gasteiger partial charge in [0, 0.05) is 19.7 Å². The number of hydrogen-bond acceptors (Lipinski definition) is 4. The fourth-order valence-electron chi connectivity index (χ4n) is 2.97. The maximum Gasteiger partial charge on any atom is 0.191 e. The van der Waals surface area contributed by atoms with Crippen LogP contribution in [0.5, 0.6) is 5.75 Å². The van der Waals surface area contributed by atoms with E-state index < -0.39 is 6.10 Å². The lowest BCUT2D eigenvalue weighted by molar-refractivity contribution is 0.117. The number of benzene rings is 2. The lowest BCUT2D eigenvalue weighted by atomic mass is 10.1. The molecule has 0 fully saturated rings. The normalized spacial score (nSPS) is 12.2. The van der Waals surface area contributed by atoms with Crippen molar-refractivity contribution >= 4 is 29.9 Å². The Morgan fingerprint density at radius 2 is 1.72 bits per heavy atom. The molecule has 0 aliphatic rings. The molecule has 0 aliphatic heterocycles.